The fourth-order valence-corrected chi connectivity index (χ4v) is 2.05. The molecule has 0 aromatic heterocycles. The molecule has 0 spiro atoms. The lowest BCUT2D eigenvalue weighted by molar-refractivity contribution is -0.137. The lowest BCUT2D eigenvalue weighted by Gasteiger charge is -2.12. The van der Waals surface area contributed by atoms with E-state index in [0.717, 1.165) is 12.1 Å². The molecule has 2 aromatic carbocycles. The largest absolute Gasteiger partial charge is 0.416 e. The minimum absolute atomic E-state index is 0.209. The van der Waals surface area contributed by atoms with E-state index in [-0.39, 0.29) is 6.61 Å². The molecule has 3 nitrogen and oxygen atoms in total. The average molecular weight is 309 g/mol. The van der Waals surface area contributed by atoms with Crippen molar-refractivity contribution in [1.82, 2.24) is 0 Å². The second kappa shape index (κ2) is 6.62. The summed E-state index contributed by atoms with van der Waals surface area (Å²) in [5.41, 5.74) is 1.31. The van der Waals surface area contributed by atoms with Crippen molar-refractivity contribution in [3.8, 4) is 0 Å². The van der Waals surface area contributed by atoms with Crippen molar-refractivity contribution in [3.05, 3.63) is 70.8 Å². The van der Waals surface area contributed by atoms with Gasteiger partial charge in [-0.1, -0.05) is 41.6 Å². The molecule has 2 aromatic rings. The summed E-state index contributed by atoms with van der Waals surface area (Å²) in [6.07, 6.45) is -4.39. The van der Waals surface area contributed by atoms with Gasteiger partial charge in [0.1, 0.15) is 12.8 Å². The topological polar surface area (TPSA) is 41.8 Å². The Labute approximate surface area is 125 Å². The van der Waals surface area contributed by atoms with E-state index in [2.05, 4.69) is 5.16 Å². The van der Waals surface area contributed by atoms with Crippen molar-refractivity contribution in [3.63, 3.8) is 0 Å². The third-order valence-corrected chi connectivity index (χ3v) is 3.11. The summed E-state index contributed by atoms with van der Waals surface area (Å²) in [6.45, 7) is -0.209. The van der Waals surface area contributed by atoms with Gasteiger partial charge < -0.3 is 9.94 Å². The van der Waals surface area contributed by atoms with Crippen LogP contribution < -0.4 is 0 Å². The Morgan fingerprint density at radius 3 is 2.27 bits per heavy atom. The van der Waals surface area contributed by atoms with E-state index in [4.69, 9.17) is 4.84 Å². The van der Waals surface area contributed by atoms with E-state index in [1.165, 1.54) is 19.2 Å². The van der Waals surface area contributed by atoms with Gasteiger partial charge in [-0.05, 0) is 17.7 Å². The van der Waals surface area contributed by atoms with Gasteiger partial charge in [-0.25, -0.2) is 0 Å². The van der Waals surface area contributed by atoms with E-state index in [1.807, 2.05) is 0 Å². The van der Waals surface area contributed by atoms with E-state index in [0.29, 0.717) is 22.4 Å². The molecule has 116 valence electrons. The summed E-state index contributed by atoms with van der Waals surface area (Å²) in [4.78, 5) is 4.79. The van der Waals surface area contributed by atoms with Crippen LogP contribution in [0, 0.1) is 0 Å². The minimum atomic E-state index is -4.39. The zero-order chi connectivity index (χ0) is 16.2. The SMILES string of the molecule is CON=C(c1ccc(C(F)(F)F)cc1)c1ccccc1CO. The number of oxime groups is 1. The number of aliphatic hydroxyl groups excluding tert-OH is 1. The number of rotatable bonds is 4. The smallest absolute Gasteiger partial charge is 0.399 e. The van der Waals surface area contributed by atoms with Crippen LogP contribution in [0.4, 0.5) is 13.2 Å². The number of hydrogen-bond donors (Lipinski definition) is 1. The van der Waals surface area contributed by atoms with Gasteiger partial charge in [0.05, 0.1) is 12.2 Å². The zero-order valence-corrected chi connectivity index (χ0v) is 11.8. The predicted molar refractivity (Wildman–Crippen MR) is 76.5 cm³/mol. The number of aliphatic hydroxyl groups is 1. The van der Waals surface area contributed by atoms with Gasteiger partial charge in [0.15, 0.2) is 0 Å². The second-order valence-corrected chi connectivity index (χ2v) is 4.51. The Morgan fingerprint density at radius 2 is 1.73 bits per heavy atom. The highest BCUT2D eigenvalue weighted by atomic mass is 19.4. The number of alkyl halides is 3. The molecule has 0 aliphatic carbocycles. The molecule has 6 heteroatoms. The maximum atomic E-state index is 12.6. The maximum absolute atomic E-state index is 12.6. The van der Waals surface area contributed by atoms with Crippen LogP contribution in [0.1, 0.15) is 22.3 Å². The molecule has 0 bridgehead atoms. The highest BCUT2D eigenvalue weighted by Gasteiger charge is 2.30. The predicted octanol–water partition coefficient (Wildman–Crippen LogP) is 3.60. The molecule has 0 unspecified atom stereocenters. The molecule has 0 fully saturated rings. The average Bonchev–Trinajstić information content (AvgIpc) is 2.52. The highest BCUT2D eigenvalue weighted by molar-refractivity contribution is 6.13. The van der Waals surface area contributed by atoms with Crippen LogP contribution in [0.25, 0.3) is 0 Å². The first-order chi connectivity index (χ1) is 10.5. The fourth-order valence-electron chi connectivity index (χ4n) is 2.05. The van der Waals surface area contributed by atoms with Crippen LogP contribution >= 0.6 is 0 Å². The van der Waals surface area contributed by atoms with Gasteiger partial charge in [0, 0.05) is 11.1 Å². The van der Waals surface area contributed by atoms with Gasteiger partial charge in [0.25, 0.3) is 0 Å². The van der Waals surface area contributed by atoms with Gasteiger partial charge in [0.2, 0.25) is 0 Å². The van der Waals surface area contributed by atoms with Gasteiger partial charge in [-0.3, -0.25) is 0 Å². The van der Waals surface area contributed by atoms with Crippen LogP contribution in [-0.4, -0.2) is 17.9 Å². The lowest BCUT2D eigenvalue weighted by Crippen LogP contribution is -2.09. The Morgan fingerprint density at radius 1 is 1.09 bits per heavy atom. The summed E-state index contributed by atoms with van der Waals surface area (Å²) in [5, 5.41) is 13.3. The first-order valence-electron chi connectivity index (χ1n) is 6.45. The number of hydrogen-bond acceptors (Lipinski definition) is 3. The molecule has 0 saturated carbocycles. The van der Waals surface area contributed by atoms with Crippen LogP contribution in [0.3, 0.4) is 0 Å². The third-order valence-electron chi connectivity index (χ3n) is 3.11. The van der Waals surface area contributed by atoms with Crippen molar-refractivity contribution >= 4 is 5.71 Å². The Hall–Kier alpha value is -2.34. The van der Waals surface area contributed by atoms with Crippen LogP contribution in [0.2, 0.25) is 0 Å². The van der Waals surface area contributed by atoms with Gasteiger partial charge >= 0.3 is 6.18 Å². The summed E-state index contributed by atoms with van der Waals surface area (Å²) in [6, 6.07) is 11.6. The quantitative estimate of drug-likeness (QED) is 0.692. The van der Waals surface area contributed by atoms with Gasteiger partial charge in [-0.2, -0.15) is 13.2 Å². The maximum Gasteiger partial charge on any atom is 0.416 e. The van der Waals surface area contributed by atoms with Crippen LogP contribution in [0.5, 0.6) is 0 Å². The minimum Gasteiger partial charge on any atom is -0.399 e. The fraction of sp³-hybridized carbons (Fsp3) is 0.188. The van der Waals surface area contributed by atoms with E-state index in [1.54, 1.807) is 24.3 Å². The molecule has 0 amide bonds. The van der Waals surface area contributed by atoms with Crippen LogP contribution in [-0.2, 0) is 17.6 Å². The molecule has 0 aliphatic heterocycles. The number of nitrogens with zero attached hydrogens (tertiary/aromatic N) is 1. The summed E-state index contributed by atoms with van der Waals surface area (Å²) in [7, 11) is 1.35. The Bertz CT molecular complexity index is 664. The van der Waals surface area contributed by atoms with Crippen molar-refractivity contribution in [1.29, 1.82) is 0 Å². The highest BCUT2D eigenvalue weighted by Crippen LogP contribution is 2.29. The zero-order valence-electron chi connectivity index (χ0n) is 11.8. The standard InChI is InChI=1S/C16H14F3NO2/c1-22-20-15(14-5-3-2-4-12(14)10-21)11-6-8-13(9-7-11)16(17,18)19/h2-9,21H,10H2,1H3. The lowest BCUT2D eigenvalue weighted by atomic mass is 9.97. The molecule has 1 N–H and O–H groups in total. The molecule has 0 atom stereocenters. The van der Waals surface area contributed by atoms with Gasteiger partial charge in [-0.15, -0.1) is 0 Å². The van der Waals surface area contributed by atoms with Crippen LogP contribution in [0.15, 0.2) is 53.7 Å². The Kier molecular flexibility index (Phi) is 4.82. The molecule has 2 rings (SSSR count). The van der Waals surface area contributed by atoms with E-state index < -0.39 is 11.7 Å². The van der Waals surface area contributed by atoms with Crippen molar-refractivity contribution in [2.45, 2.75) is 12.8 Å². The van der Waals surface area contributed by atoms with Crippen molar-refractivity contribution in [2.24, 2.45) is 5.16 Å². The Balaban J connectivity index is 2.47. The molecule has 0 heterocycles. The molecular formula is C16H14F3NO2. The molecular weight excluding hydrogens is 295 g/mol. The number of halogens is 3. The first-order valence-corrected chi connectivity index (χ1v) is 6.45. The second-order valence-electron chi connectivity index (χ2n) is 4.51. The summed E-state index contributed by atoms with van der Waals surface area (Å²) in [5.74, 6) is 0. The summed E-state index contributed by atoms with van der Waals surface area (Å²) < 4.78 is 37.9. The molecule has 22 heavy (non-hydrogen) atoms. The summed E-state index contributed by atoms with van der Waals surface area (Å²) >= 11 is 0. The van der Waals surface area contributed by atoms with E-state index >= 15 is 0 Å². The first kappa shape index (κ1) is 16.0. The van der Waals surface area contributed by atoms with E-state index in [9.17, 15) is 18.3 Å². The third kappa shape index (κ3) is 3.46. The normalized spacial score (nSPS) is 12.3. The molecule has 0 saturated heterocycles. The molecule has 0 aliphatic rings. The van der Waals surface area contributed by atoms with Crippen molar-refractivity contribution < 1.29 is 23.1 Å². The molecule has 0 radical (unpaired) electrons. The monoisotopic (exact) mass is 309 g/mol. The van der Waals surface area contributed by atoms with Crippen molar-refractivity contribution in [2.75, 3.05) is 7.11 Å². The number of benzene rings is 2.